The van der Waals surface area contributed by atoms with Gasteiger partial charge < -0.3 is 10.6 Å². The van der Waals surface area contributed by atoms with Crippen LogP contribution in [-0.4, -0.2) is 30.4 Å². The number of hydrogen-bond acceptors (Lipinski definition) is 2. The van der Waals surface area contributed by atoms with Crippen molar-refractivity contribution in [1.29, 1.82) is 0 Å². The number of carbonyl (C=O) groups excluding carboxylic acids is 1. The first-order valence-electron chi connectivity index (χ1n) is 8.27. The fraction of sp³-hybridized carbons (Fsp3) is 0.938. The van der Waals surface area contributed by atoms with E-state index in [9.17, 15) is 4.79 Å². The van der Waals surface area contributed by atoms with Gasteiger partial charge in [-0.2, -0.15) is 0 Å². The minimum absolute atomic E-state index is 0.415. The standard InChI is InChI=1S/C16H30N2O/c17-13-15-8-6-14(7-9-15)12-16(19)18-10-4-2-1-3-5-11-18/h14-15H,1-13,17H2. The molecule has 3 nitrogen and oxygen atoms in total. The number of carbonyl (C=O) groups is 1. The molecule has 2 fully saturated rings. The third-order valence-corrected chi connectivity index (χ3v) is 4.97. The smallest absolute Gasteiger partial charge is 0.222 e. The van der Waals surface area contributed by atoms with E-state index in [1.165, 1.54) is 57.8 Å². The Morgan fingerprint density at radius 1 is 0.895 bits per heavy atom. The topological polar surface area (TPSA) is 46.3 Å². The van der Waals surface area contributed by atoms with E-state index < -0.39 is 0 Å². The molecule has 2 aliphatic rings. The summed E-state index contributed by atoms with van der Waals surface area (Å²) in [7, 11) is 0. The van der Waals surface area contributed by atoms with Crippen molar-refractivity contribution < 1.29 is 4.79 Å². The SMILES string of the molecule is NCC1CCC(CC(=O)N2CCCCCCC2)CC1. The van der Waals surface area contributed by atoms with Crippen LogP contribution in [-0.2, 0) is 4.79 Å². The molecule has 0 aromatic carbocycles. The zero-order chi connectivity index (χ0) is 13.5. The molecule has 0 aromatic heterocycles. The summed E-state index contributed by atoms with van der Waals surface area (Å²) in [6, 6.07) is 0. The van der Waals surface area contributed by atoms with Crippen LogP contribution in [0.25, 0.3) is 0 Å². The van der Waals surface area contributed by atoms with Gasteiger partial charge in [-0.1, -0.05) is 19.3 Å². The second-order valence-corrected chi connectivity index (χ2v) is 6.48. The molecular formula is C16H30N2O. The first kappa shape index (κ1) is 14.8. The fourth-order valence-electron chi connectivity index (χ4n) is 3.54. The molecule has 1 amide bonds. The van der Waals surface area contributed by atoms with Crippen molar-refractivity contribution in [3.63, 3.8) is 0 Å². The fourth-order valence-corrected chi connectivity index (χ4v) is 3.54. The van der Waals surface area contributed by atoms with Gasteiger partial charge in [-0.25, -0.2) is 0 Å². The van der Waals surface area contributed by atoms with Gasteiger partial charge in [-0.15, -0.1) is 0 Å². The number of amides is 1. The summed E-state index contributed by atoms with van der Waals surface area (Å²) in [6.45, 7) is 2.82. The van der Waals surface area contributed by atoms with Gasteiger partial charge >= 0.3 is 0 Å². The van der Waals surface area contributed by atoms with Crippen LogP contribution >= 0.6 is 0 Å². The van der Waals surface area contributed by atoms with Crippen molar-refractivity contribution in [3.8, 4) is 0 Å². The molecule has 3 heteroatoms. The van der Waals surface area contributed by atoms with Crippen LogP contribution in [0.5, 0.6) is 0 Å². The maximum atomic E-state index is 12.4. The van der Waals surface area contributed by atoms with Crippen molar-refractivity contribution in [2.45, 2.75) is 64.2 Å². The Labute approximate surface area is 117 Å². The Morgan fingerprint density at radius 3 is 2.00 bits per heavy atom. The summed E-state index contributed by atoms with van der Waals surface area (Å²) in [5.74, 6) is 1.76. The average Bonchev–Trinajstić information content (AvgIpc) is 2.39. The highest BCUT2D eigenvalue weighted by Gasteiger charge is 2.24. The molecule has 0 aromatic rings. The van der Waals surface area contributed by atoms with Gasteiger partial charge in [0.1, 0.15) is 0 Å². The predicted octanol–water partition coefficient (Wildman–Crippen LogP) is 2.93. The second-order valence-electron chi connectivity index (χ2n) is 6.48. The highest BCUT2D eigenvalue weighted by Crippen LogP contribution is 2.30. The van der Waals surface area contributed by atoms with E-state index in [-0.39, 0.29) is 0 Å². The molecule has 0 spiro atoms. The summed E-state index contributed by atoms with van der Waals surface area (Å²) < 4.78 is 0. The minimum Gasteiger partial charge on any atom is -0.343 e. The zero-order valence-electron chi connectivity index (χ0n) is 12.3. The van der Waals surface area contributed by atoms with E-state index in [0.29, 0.717) is 17.7 Å². The van der Waals surface area contributed by atoms with Crippen LogP contribution in [0, 0.1) is 11.8 Å². The summed E-state index contributed by atoms with van der Waals surface area (Å²) in [5.41, 5.74) is 5.72. The van der Waals surface area contributed by atoms with Crippen LogP contribution in [0.4, 0.5) is 0 Å². The van der Waals surface area contributed by atoms with Gasteiger partial charge in [0, 0.05) is 19.5 Å². The maximum Gasteiger partial charge on any atom is 0.222 e. The first-order chi connectivity index (χ1) is 9.29. The molecule has 0 atom stereocenters. The van der Waals surface area contributed by atoms with Crippen molar-refractivity contribution in [2.24, 2.45) is 17.6 Å². The third-order valence-electron chi connectivity index (χ3n) is 4.97. The van der Waals surface area contributed by atoms with Gasteiger partial charge in [0.05, 0.1) is 0 Å². The van der Waals surface area contributed by atoms with Crippen molar-refractivity contribution in [3.05, 3.63) is 0 Å². The van der Waals surface area contributed by atoms with E-state index in [4.69, 9.17) is 5.73 Å². The van der Waals surface area contributed by atoms with Crippen LogP contribution < -0.4 is 5.73 Å². The first-order valence-corrected chi connectivity index (χ1v) is 8.27. The van der Waals surface area contributed by atoms with E-state index in [2.05, 4.69) is 4.90 Å². The normalized spacial score (nSPS) is 29.6. The molecule has 1 aliphatic carbocycles. The number of nitrogens with zero attached hydrogens (tertiary/aromatic N) is 1. The molecule has 1 saturated carbocycles. The van der Waals surface area contributed by atoms with Crippen LogP contribution in [0.1, 0.15) is 64.2 Å². The monoisotopic (exact) mass is 266 g/mol. The summed E-state index contributed by atoms with van der Waals surface area (Å²) >= 11 is 0. The zero-order valence-corrected chi connectivity index (χ0v) is 12.3. The maximum absolute atomic E-state index is 12.4. The van der Waals surface area contributed by atoms with Gasteiger partial charge in [-0.05, 0) is 56.9 Å². The predicted molar refractivity (Wildman–Crippen MR) is 78.8 cm³/mol. The molecule has 0 radical (unpaired) electrons. The van der Waals surface area contributed by atoms with E-state index in [1.54, 1.807) is 0 Å². The number of likely N-dealkylation sites (tertiary alicyclic amines) is 1. The molecule has 19 heavy (non-hydrogen) atoms. The van der Waals surface area contributed by atoms with Crippen molar-refractivity contribution >= 4 is 5.91 Å². The molecule has 1 heterocycles. The lowest BCUT2D eigenvalue weighted by molar-refractivity contribution is -0.132. The van der Waals surface area contributed by atoms with Gasteiger partial charge in [0.15, 0.2) is 0 Å². The van der Waals surface area contributed by atoms with E-state index >= 15 is 0 Å². The second kappa shape index (κ2) is 7.88. The van der Waals surface area contributed by atoms with Crippen molar-refractivity contribution in [1.82, 2.24) is 4.90 Å². The van der Waals surface area contributed by atoms with E-state index in [0.717, 1.165) is 26.1 Å². The number of rotatable bonds is 3. The van der Waals surface area contributed by atoms with Crippen LogP contribution in [0.2, 0.25) is 0 Å². The Balaban J connectivity index is 1.73. The molecule has 1 saturated heterocycles. The van der Waals surface area contributed by atoms with Crippen LogP contribution in [0.15, 0.2) is 0 Å². The molecule has 0 bridgehead atoms. The van der Waals surface area contributed by atoms with Crippen LogP contribution in [0.3, 0.4) is 0 Å². The quantitative estimate of drug-likeness (QED) is 0.853. The average molecular weight is 266 g/mol. The number of hydrogen-bond donors (Lipinski definition) is 1. The molecule has 0 unspecified atom stereocenters. The molecule has 110 valence electrons. The lowest BCUT2D eigenvalue weighted by atomic mass is 9.80. The summed E-state index contributed by atoms with van der Waals surface area (Å²) in [5, 5.41) is 0. The Kier molecular flexibility index (Phi) is 6.15. The Hall–Kier alpha value is -0.570. The molecular weight excluding hydrogens is 236 g/mol. The van der Waals surface area contributed by atoms with E-state index in [1.807, 2.05) is 0 Å². The molecule has 2 rings (SSSR count). The summed E-state index contributed by atoms with van der Waals surface area (Å²) in [6.07, 6.45) is 12.0. The molecule has 2 N–H and O–H groups in total. The van der Waals surface area contributed by atoms with Crippen molar-refractivity contribution in [2.75, 3.05) is 19.6 Å². The highest BCUT2D eigenvalue weighted by molar-refractivity contribution is 5.76. The minimum atomic E-state index is 0.415. The van der Waals surface area contributed by atoms with Gasteiger partial charge in [-0.3, -0.25) is 4.79 Å². The largest absolute Gasteiger partial charge is 0.343 e. The Morgan fingerprint density at radius 2 is 1.42 bits per heavy atom. The van der Waals surface area contributed by atoms with Gasteiger partial charge in [0.25, 0.3) is 0 Å². The third kappa shape index (κ3) is 4.79. The van der Waals surface area contributed by atoms with Gasteiger partial charge in [0.2, 0.25) is 5.91 Å². The lowest BCUT2D eigenvalue weighted by Gasteiger charge is -2.30. The molecule has 1 aliphatic heterocycles. The lowest BCUT2D eigenvalue weighted by Crippen LogP contribution is -2.35. The number of nitrogens with two attached hydrogens (primary N) is 1. The highest BCUT2D eigenvalue weighted by atomic mass is 16.2. The summed E-state index contributed by atoms with van der Waals surface area (Å²) in [4.78, 5) is 14.5. The Bertz CT molecular complexity index is 264.